The number of anilines is 2. The molecule has 2 aromatic heterocycles. The normalized spacial score (nSPS) is 22.2. The number of rotatable bonds is 5. The Balaban J connectivity index is 1.53. The van der Waals surface area contributed by atoms with Crippen molar-refractivity contribution in [3.05, 3.63) is 69.1 Å². The predicted octanol–water partition coefficient (Wildman–Crippen LogP) is 4.43. The second-order valence-electron chi connectivity index (χ2n) is 9.55. The molecule has 0 amide bonds. The largest absolute Gasteiger partial charge is 0.478 e. The highest BCUT2D eigenvalue weighted by Crippen LogP contribution is 2.59. The number of para-hydroxylation sites is 1. The molecule has 1 aromatic carbocycles. The topological polar surface area (TPSA) is 86.9 Å². The third-order valence-electron chi connectivity index (χ3n) is 7.16. The number of aromatic nitrogens is 2. The zero-order valence-electron chi connectivity index (χ0n) is 19.4. The van der Waals surface area contributed by atoms with E-state index in [-0.39, 0.29) is 24.2 Å². The lowest BCUT2D eigenvalue weighted by molar-refractivity contribution is -0.154. The van der Waals surface area contributed by atoms with E-state index < -0.39 is 35.9 Å². The van der Waals surface area contributed by atoms with Gasteiger partial charge in [-0.1, -0.05) is 12.1 Å². The SMILES string of the molecule is Cc1cc([C@@H](C)Nc2ccccc2C(=O)O)c2nc(N3C[C@@H]4C(C(F)(F)F)[C@@H]4C3)c(C)c(=O)n2c1. The van der Waals surface area contributed by atoms with Gasteiger partial charge in [-0.05, 0) is 56.4 Å². The van der Waals surface area contributed by atoms with Crippen molar-refractivity contribution in [2.24, 2.45) is 17.8 Å². The molecule has 7 nitrogen and oxygen atoms in total. The third kappa shape index (κ3) is 3.90. The number of halogens is 3. The Labute approximate surface area is 199 Å². The number of nitrogens with zero attached hydrogens (tertiary/aromatic N) is 3. The van der Waals surface area contributed by atoms with Crippen LogP contribution in [0, 0.1) is 31.6 Å². The van der Waals surface area contributed by atoms with Crippen molar-refractivity contribution in [3.63, 3.8) is 0 Å². The number of pyridine rings is 1. The first-order valence-electron chi connectivity index (χ1n) is 11.4. The molecule has 1 unspecified atom stereocenters. The highest BCUT2D eigenvalue weighted by molar-refractivity contribution is 5.94. The number of carboxylic acids is 1. The quantitative estimate of drug-likeness (QED) is 0.555. The standard InChI is InChI=1S/C25H25F3N4O3/c1-12-8-16(14(3)29-19-7-5-4-6-15(19)24(34)35)22-30-21(13(2)23(33)32(22)9-12)31-10-17-18(11-31)20(17)25(26,27)28/h4-9,14,17-18,20,29H,10-11H2,1-3H3,(H,34,35)/t14-,17-,18+,20?/m1/s1. The van der Waals surface area contributed by atoms with Gasteiger partial charge in [0.15, 0.2) is 0 Å². The fourth-order valence-electron chi connectivity index (χ4n) is 5.40. The van der Waals surface area contributed by atoms with E-state index in [1.807, 2.05) is 19.9 Å². The number of hydrogen-bond donors (Lipinski definition) is 2. The molecule has 2 aliphatic rings. The van der Waals surface area contributed by atoms with Crippen molar-refractivity contribution in [2.45, 2.75) is 33.0 Å². The summed E-state index contributed by atoms with van der Waals surface area (Å²) >= 11 is 0. The van der Waals surface area contributed by atoms with Crippen LogP contribution in [0.3, 0.4) is 0 Å². The molecule has 10 heteroatoms. The van der Waals surface area contributed by atoms with Crippen LogP contribution in [0.5, 0.6) is 0 Å². The summed E-state index contributed by atoms with van der Waals surface area (Å²) in [4.78, 5) is 31.5. The van der Waals surface area contributed by atoms with Gasteiger partial charge < -0.3 is 15.3 Å². The van der Waals surface area contributed by atoms with Crippen molar-refractivity contribution in [3.8, 4) is 0 Å². The number of hydrogen-bond acceptors (Lipinski definition) is 5. The minimum Gasteiger partial charge on any atom is -0.478 e. The molecule has 2 fully saturated rings. The Bertz CT molecular complexity index is 1390. The molecule has 0 spiro atoms. The first-order chi connectivity index (χ1) is 16.5. The molecule has 1 saturated carbocycles. The van der Waals surface area contributed by atoms with Gasteiger partial charge in [-0.15, -0.1) is 0 Å². The van der Waals surface area contributed by atoms with E-state index in [0.717, 1.165) is 5.56 Å². The van der Waals surface area contributed by atoms with E-state index >= 15 is 0 Å². The van der Waals surface area contributed by atoms with Crippen LogP contribution in [-0.4, -0.2) is 39.7 Å². The zero-order chi connectivity index (χ0) is 25.2. The lowest BCUT2D eigenvalue weighted by Gasteiger charge is -2.25. The smallest absolute Gasteiger partial charge is 0.392 e. The molecule has 2 N–H and O–H groups in total. The summed E-state index contributed by atoms with van der Waals surface area (Å²) in [5, 5.41) is 12.7. The van der Waals surface area contributed by atoms with Gasteiger partial charge in [0.2, 0.25) is 0 Å². The summed E-state index contributed by atoms with van der Waals surface area (Å²) in [7, 11) is 0. The van der Waals surface area contributed by atoms with Crippen LogP contribution in [0.4, 0.5) is 24.7 Å². The number of aromatic carboxylic acids is 1. The molecule has 4 atom stereocenters. The number of nitrogens with one attached hydrogen (secondary N) is 1. The van der Waals surface area contributed by atoms with E-state index in [2.05, 4.69) is 5.32 Å². The van der Waals surface area contributed by atoms with E-state index in [4.69, 9.17) is 4.98 Å². The van der Waals surface area contributed by atoms with Crippen LogP contribution in [0.25, 0.3) is 5.65 Å². The zero-order valence-corrected chi connectivity index (χ0v) is 19.4. The lowest BCUT2D eigenvalue weighted by atomic mass is 10.1. The van der Waals surface area contributed by atoms with Crippen molar-refractivity contribution < 1.29 is 23.1 Å². The fraction of sp³-hybridized carbons (Fsp3) is 0.400. The summed E-state index contributed by atoms with van der Waals surface area (Å²) in [6.07, 6.45) is -2.51. The maximum absolute atomic E-state index is 13.3. The number of fused-ring (bicyclic) bond motifs is 2. The van der Waals surface area contributed by atoms with Crippen LogP contribution in [0.2, 0.25) is 0 Å². The molecule has 3 heterocycles. The Morgan fingerprint density at radius 2 is 1.86 bits per heavy atom. The summed E-state index contributed by atoms with van der Waals surface area (Å²) in [6.45, 7) is 5.79. The van der Waals surface area contributed by atoms with Crippen molar-refractivity contribution in [1.82, 2.24) is 9.38 Å². The summed E-state index contributed by atoms with van der Waals surface area (Å²) in [5.41, 5.74) is 2.55. The van der Waals surface area contributed by atoms with Crippen molar-refractivity contribution >= 4 is 23.1 Å². The Morgan fingerprint density at radius 1 is 1.20 bits per heavy atom. The second-order valence-corrected chi connectivity index (χ2v) is 9.55. The second kappa shape index (κ2) is 8.00. The van der Waals surface area contributed by atoms with Gasteiger partial charge in [-0.2, -0.15) is 13.2 Å². The Hall–Kier alpha value is -3.56. The lowest BCUT2D eigenvalue weighted by Crippen LogP contribution is -2.32. The minimum absolute atomic E-state index is 0.119. The van der Waals surface area contributed by atoms with E-state index in [1.165, 1.54) is 10.5 Å². The highest BCUT2D eigenvalue weighted by atomic mass is 19.4. The maximum atomic E-state index is 13.3. The van der Waals surface area contributed by atoms with Crippen LogP contribution in [0.15, 0.2) is 41.3 Å². The first-order valence-corrected chi connectivity index (χ1v) is 11.4. The summed E-state index contributed by atoms with van der Waals surface area (Å²) in [5.74, 6) is -2.84. The molecule has 184 valence electrons. The van der Waals surface area contributed by atoms with Gasteiger partial charge in [0, 0.05) is 30.5 Å². The average Bonchev–Trinajstić information content (AvgIpc) is 3.33. The molecule has 0 radical (unpaired) electrons. The van der Waals surface area contributed by atoms with Gasteiger partial charge in [-0.3, -0.25) is 9.20 Å². The average molecular weight is 486 g/mol. The van der Waals surface area contributed by atoms with E-state index in [1.54, 1.807) is 36.2 Å². The number of aryl methyl sites for hydroxylation is 1. The summed E-state index contributed by atoms with van der Waals surface area (Å²) in [6, 6.07) is 8.01. The first kappa shape index (κ1) is 23.2. The highest BCUT2D eigenvalue weighted by Gasteiger charge is 2.67. The fourth-order valence-corrected chi connectivity index (χ4v) is 5.40. The van der Waals surface area contributed by atoms with Gasteiger partial charge >= 0.3 is 12.1 Å². The van der Waals surface area contributed by atoms with Gasteiger partial charge in [0.25, 0.3) is 5.56 Å². The Kier molecular flexibility index (Phi) is 5.30. The van der Waals surface area contributed by atoms with Crippen molar-refractivity contribution in [2.75, 3.05) is 23.3 Å². The predicted molar refractivity (Wildman–Crippen MR) is 125 cm³/mol. The number of piperidine rings is 1. The molecule has 35 heavy (non-hydrogen) atoms. The molecule has 1 saturated heterocycles. The monoisotopic (exact) mass is 486 g/mol. The van der Waals surface area contributed by atoms with Crippen LogP contribution in [-0.2, 0) is 0 Å². The number of carboxylic acid groups (broad SMARTS) is 1. The molecule has 0 bridgehead atoms. The summed E-state index contributed by atoms with van der Waals surface area (Å²) < 4.78 is 40.9. The van der Waals surface area contributed by atoms with Gasteiger partial charge in [-0.25, -0.2) is 9.78 Å². The van der Waals surface area contributed by atoms with E-state index in [9.17, 15) is 27.9 Å². The molecule has 1 aliphatic heterocycles. The van der Waals surface area contributed by atoms with Crippen LogP contribution < -0.4 is 15.8 Å². The van der Waals surface area contributed by atoms with Crippen molar-refractivity contribution in [1.29, 1.82) is 0 Å². The molecular formula is C25H25F3N4O3. The molecule has 1 aliphatic carbocycles. The number of alkyl halides is 3. The molecular weight excluding hydrogens is 461 g/mol. The van der Waals surface area contributed by atoms with Gasteiger partial charge in [0.1, 0.15) is 11.5 Å². The third-order valence-corrected chi connectivity index (χ3v) is 7.16. The number of carbonyl (C=O) groups is 1. The maximum Gasteiger partial charge on any atom is 0.392 e. The van der Waals surface area contributed by atoms with E-state index in [0.29, 0.717) is 28.3 Å². The van der Waals surface area contributed by atoms with Gasteiger partial charge in [0.05, 0.1) is 23.1 Å². The Morgan fingerprint density at radius 3 is 2.49 bits per heavy atom. The molecule has 3 aromatic rings. The van der Waals surface area contributed by atoms with Crippen LogP contribution >= 0.6 is 0 Å². The van der Waals surface area contributed by atoms with Crippen LogP contribution in [0.1, 0.15) is 40.0 Å². The number of benzene rings is 1. The minimum atomic E-state index is -4.19. The molecule has 5 rings (SSSR count).